The van der Waals surface area contributed by atoms with E-state index in [1.54, 1.807) is 0 Å². The van der Waals surface area contributed by atoms with E-state index >= 15 is 0 Å². The van der Waals surface area contributed by atoms with Crippen molar-refractivity contribution in [2.75, 3.05) is 50.8 Å². The fourth-order valence-electron chi connectivity index (χ4n) is 3.36. The highest BCUT2D eigenvalue weighted by Gasteiger charge is 2.21. The molecule has 0 radical (unpaired) electrons. The third kappa shape index (κ3) is 4.45. The third-order valence-corrected chi connectivity index (χ3v) is 4.75. The van der Waals surface area contributed by atoms with Gasteiger partial charge in [0.1, 0.15) is 0 Å². The summed E-state index contributed by atoms with van der Waals surface area (Å²) in [6.45, 7) is 7.95. The van der Waals surface area contributed by atoms with Crippen LogP contribution in [0.15, 0.2) is 24.3 Å². The van der Waals surface area contributed by atoms with Crippen LogP contribution < -0.4 is 10.2 Å². The Morgan fingerprint density at radius 2 is 2.04 bits per heavy atom. The predicted octanol–water partition coefficient (Wildman–Crippen LogP) is 1.41. The van der Waals surface area contributed by atoms with Gasteiger partial charge in [0.05, 0.1) is 12.6 Å². The number of piperazine rings is 1. The predicted molar refractivity (Wildman–Crippen MR) is 91.8 cm³/mol. The van der Waals surface area contributed by atoms with Crippen LogP contribution in [0.1, 0.15) is 18.4 Å². The van der Waals surface area contributed by atoms with Gasteiger partial charge < -0.3 is 15.0 Å². The van der Waals surface area contributed by atoms with Crippen molar-refractivity contribution in [1.82, 2.24) is 10.2 Å². The Morgan fingerprint density at radius 1 is 1.26 bits per heavy atom. The molecule has 3 rings (SSSR count). The highest BCUT2D eigenvalue weighted by Crippen LogP contribution is 2.20. The van der Waals surface area contributed by atoms with Crippen LogP contribution in [0.5, 0.6) is 0 Å². The lowest BCUT2D eigenvalue weighted by atomic mass is 10.1. The number of hydrogen-bond acceptors (Lipinski definition) is 4. The second-order valence-electron chi connectivity index (χ2n) is 6.49. The summed E-state index contributed by atoms with van der Waals surface area (Å²) in [6.07, 6.45) is 2.40. The lowest BCUT2D eigenvalue weighted by Gasteiger charge is -2.36. The van der Waals surface area contributed by atoms with Crippen LogP contribution in [0.4, 0.5) is 5.69 Å². The van der Waals surface area contributed by atoms with Gasteiger partial charge in [-0.1, -0.05) is 18.2 Å². The second kappa shape index (κ2) is 7.79. The van der Waals surface area contributed by atoms with Crippen LogP contribution in [0.3, 0.4) is 0 Å². The zero-order valence-electron chi connectivity index (χ0n) is 14.0. The molecular formula is C18H27N3O2. The van der Waals surface area contributed by atoms with E-state index in [4.69, 9.17) is 4.74 Å². The standard InChI is InChI=1S/C18H27N3O2/c1-15-5-2-3-7-17(15)21-10-8-20(9-11-21)14-18(22)19-13-16-6-4-12-23-16/h2-3,5,7,16H,4,6,8-14H2,1H3,(H,19,22)/t16-/m1/s1. The molecule has 1 aromatic carbocycles. The molecule has 1 amide bonds. The van der Waals surface area contributed by atoms with Gasteiger partial charge in [-0.2, -0.15) is 0 Å². The van der Waals surface area contributed by atoms with Gasteiger partial charge in [0, 0.05) is 45.0 Å². The van der Waals surface area contributed by atoms with E-state index in [1.165, 1.54) is 11.3 Å². The van der Waals surface area contributed by atoms with Crippen LogP contribution in [0.25, 0.3) is 0 Å². The van der Waals surface area contributed by atoms with Gasteiger partial charge in [-0.25, -0.2) is 0 Å². The molecular weight excluding hydrogens is 290 g/mol. The van der Waals surface area contributed by atoms with Gasteiger partial charge >= 0.3 is 0 Å². The number of carbonyl (C=O) groups is 1. The molecule has 1 N–H and O–H groups in total. The number of carbonyl (C=O) groups excluding carboxylic acids is 1. The molecule has 0 unspecified atom stereocenters. The SMILES string of the molecule is Cc1ccccc1N1CCN(CC(=O)NC[C@H]2CCCO2)CC1. The smallest absolute Gasteiger partial charge is 0.234 e. The quantitative estimate of drug-likeness (QED) is 0.892. The van der Waals surface area contributed by atoms with Crippen molar-refractivity contribution in [3.8, 4) is 0 Å². The zero-order chi connectivity index (χ0) is 16.1. The number of aryl methyl sites for hydroxylation is 1. The normalized spacial score (nSPS) is 22.3. The van der Waals surface area contributed by atoms with Gasteiger partial charge in [-0.15, -0.1) is 0 Å². The fraction of sp³-hybridized carbons (Fsp3) is 0.611. The van der Waals surface area contributed by atoms with Crippen molar-refractivity contribution in [2.45, 2.75) is 25.9 Å². The van der Waals surface area contributed by atoms with E-state index in [1.807, 2.05) is 0 Å². The molecule has 1 atom stereocenters. The number of anilines is 1. The minimum atomic E-state index is 0.116. The van der Waals surface area contributed by atoms with Crippen LogP contribution in [0.2, 0.25) is 0 Å². The maximum Gasteiger partial charge on any atom is 0.234 e. The van der Waals surface area contributed by atoms with Crippen molar-refractivity contribution in [1.29, 1.82) is 0 Å². The summed E-state index contributed by atoms with van der Waals surface area (Å²) < 4.78 is 5.53. The number of para-hydroxylation sites is 1. The maximum absolute atomic E-state index is 12.1. The highest BCUT2D eigenvalue weighted by atomic mass is 16.5. The first-order valence-corrected chi connectivity index (χ1v) is 8.63. The average molecular weight is 317 g/mol. The molecule has 126 valence electrons. The summed E-state index contributed by atoms with van der Waals surface area (Å²) in [7, 11) is 0. The monoisotopic (exact) mass is 317 g/mol. The molecule has 0 aromatic heterocycles. The Balaban J connectivity index is 1.40. The molecule has 1 aromatic rings. The fourth-order valence-corrected chi connectivity index (χ4v) is 3.36. The van der Waals surface area contributed by atoms with Gasteiger partial charge in [-0.3, -0.25) is 9.69 Å². The van der Waals surface area contributed by atoms with Crippen molar-refractivity contribution in [3.63, 3.8) is 0 Å². The summed E-state index contributed by atoms with van der Waals surface area (Å²) in [5.74, 6) is 0.116. The summed E-state index contributed by atoms with van der Waals surface area (Å²) in [5.41, 5.74) is 2.63. The number of rotatable bonds is 5. The number of nitrogens with zero attached hydrogens (tertiary/aromatic N) is 2. The van der Waals surface area contributed by atoms with Crippen LogP contribution >= 0.6 is 0 Å². The first-order valence-electron chi connectivity index (χ1n) is 8.63. The Hall–Kier alpha value is -1.59. The second-order valence-corrected chi connectivity index (χ2v) is 6.49. The molecule has 2 aliphatic rings. The molecule has 0 aliphatic carbocycles. The summed E-state index contributed by atoms with van der Waals surface area (Å²) in [4.78, 5) is 16.7. The minimum absolute atomic E-state index is 0.116. The molecule has 5 nitrogen and oxygen atoms in total. The van der Waals surface area contributed by atoms with Crippen LogP contribution in [-0.2, 0) is 9.53 Å². The van der Waals surface area contributed by atoms with Gasteiger partial charge in [0.25, 0.3) is 0 Å². The molecule has 0 spiro atoms. The van der Waals surface area contributed by atoms with Gasteiger partial charge in [0.2, 0.25) is 5.91 Å². The zero-order valence-corrected chi connectivity index (χ0v) is 14.0. The van der Waals surface area contributed by atoms with Gasteiger partial charge in [-0.05, 0) is 31.4 Å². The summed E-state index contributed by atoms with van der Waals surface area (Å²) in [6, 6.07) is 8.50. The Bertz CT molecular complexity index is 521. The Kier molecular flexibility index (Phi) is 5.51. The van der Waals surface area contributed by atoms with Crippen LogP contribution in [0, 0.1) is 6.92 Å². The molecule has 23 heavy (non-hydrogen) atoms. The molecule has 0 bridgehead atoms. The van der Waals surface area contributed by atoms with E-state index in [0.29, 0.717) is 13.1 Å². The molecule has 2 fully saturated rings. The average Bonchev–Trinajstić information content (AvgIpc) is 3.08. The molecule has 2 aliphatic heterocycles. The highest BCUT2D eigenvalue weighted by molar-refractivity contribution is 5.78. The lowest BCUT2D eigenvalue weighted by Crippen LogP contribution is -2.50. The van der Waals surface area contributed by atoms with E-state index in [9.17, 15) is 4.79 Å². The Labute approximate surface area is 138 Å². The lowest BCUT2D eigenvalue weighted by molar-refractivity contribution is -0.122. The largest absolute Gasteiger partial charge is 0.376 e. The molecule has 2 saturated heterocycles. The van der Waals surface area contributed by atoms with Crippen molar-refractivity contribution >= 4 is 11.6 Å². The maximum atomic E-state index is 12.1. The number of benzene rings is 1. The summed E-state index contributed by atoms with van der Waals surface area (Å²) in [5, 5.41) is 3.00. The molecule has 2 heterocycles. The first kappa shape index (κ1) is 16.3. The molecule has 0 saturated carbocycles. The van der Waals surface area contributed by atoms with E-state index in [2.05, 4.69) is 46.3 Å². The van der Waals surface area contributed by atoms with Gasteiger partial charge in [0.15, 0.2) is 0 Å². The Morgan fingerprint density at radius 3 is 2.74 bits per heavy atom. The van der Waals surface area contributed by atoms with Crippen molar-refractivity contribution < 1.29 is 9.53 Å². The number of nitrogens with one attached hydrogen (secondary N) is 1. The number of hydrogen-bond donors (Lipinski definition) is 1. The van der Waals surface area contributed by atoms with E-state index in [-0.39, 0.29) is 12.0 Å². The van der Waals surface area contributed by atoms with Crippen LogP contribution in [-0.4, -0.2) is 62.8 Å². The topological polar surface area (TPSA) is 44.8 Å². The first-order chi connectivity index (χ1) is 11.2. The van der Waals surface area contributed by atoms with E-state index < -0.39 is 0 Å². The summed E-state index contributed by atoms with van der Waals surface area (Å²) >= 11 is 0. The molecule has 5 heteroatoms. The number of amides is 1. The van der Waals surface area contributed by atoms with Crippen molar-refractivity contribution in [2.24, 2.45) is 0 Å². The third-order valence-electron chi connectivity index (χ3n) is 4.75. The minimum Gasteiger partial charge on any atom is -0.376 e. The number of ether oxygens (including phenoxy) is 1. The van der Waals surface area contributed by atoms with E-state index in [0.717, 1.165) is 45.6 Å². The van der Waals surface area contributed by atoms with Crippen molar-refractivity contribution in [3.05, 3.63) is 29.8 Å².